The summed E-state index contributed by atoms with van der Waals surface area (Å²) in [4.78, 5) is 7.60. The van der Waals surface area contributed by atoms with Gasteiger partial charge in [-0.1, -0.05) is 138 Å². The monoisotopic (exact) mass is 783 g/mol. The van der Waals surface area contributed by atoms with Gasteiger partial charge < -0.3 is 28.0 Å². The van der Waals surface area contributed by atoms with E-state index >= 15 is 0 Å². The average Bonchev–Trinajstić information content (AvgIpc) is 4.08. The molecule has 6 aliphatic heterocycles. The Hall–Kier alpha value is -7.54. The Balaban J connectivity index is 0.928. The number of furan rings is 1. The van der Waals surface area contributed by atoms with Crippen LogP contribution in [-0.4, -0.2) is 36.9 Å². The van der Waals surface area contributed by atoms with Crippen molar-refractivity contribution in [1.82, 2.24) is 9.11 Å². The Morgan fingerprint density at radius 2 is 1.08 bits per heavy atom. The van der Waals surface area contributed by atoms with Crippen LogP contribution in [0.2, 0.25) is 0 Å². The second-order valence-corrected chi connectivity index (χ2v) is 18.0. The van der Waals surface area contributed by atoms with E-state index in [0.29, 0.717) is 0 Å². The first-order chi connectivity index (χ1) is 30.8. The lowest BCUT2D eigenvalue weighted by Gasteiger charge is -2.45. The van der Waals surface area contributed by atoms with Crippen molar-refractivity contribution >= 4 is 144 Å². The molecule has 0 amide bonds. The number of benzene rings is 9. The Kier molecular flexibility index (Phi) is 5.30. The average molecular weight is 783 g/mol. The summed E-state index contributed by atoms with van der Waals surface area (Å²) in [6, 6.07) is 64.4. The van der Waals surface area contributed by atoms with Crippen LogP contribution in [0.25, 0.3) is 65.4 Å². The summed E-state index contributed by atoms with van der Waals surface area (Å²) in [5.74, 6) is 0. The number of nitrogens with zero attached hydrogens (tertiary/aromatic N) is 5. The molecule has 10 heteroatoms. The number of para-hydroxylation sites is 2. The number of fused-ring (bicyclic) bond motifs is 17. The summed E-state index contributed by atoms with van der Waals surface area (Å²) in [7, 11) is -0.114. The van der Waals surface area contributed by atoms with Gasteiger partial charge in [-0.2, -0.15) is 0 Å². The highest BCUT2D eigenvalue weighted by atomic mass is 16.3. The molecule has 0 bridgehead atoms. The van der Waals surface area contributed by atoms with Crippen LogP contribution in [0.15, 0.2) is 181 Å². The third kappa shape index (κ3) is 3.39. The minimum Gasteiger partial charge on any atom is -0.462 e. The second-order valence-electron chi connectivity index (χ2n) is 18.0. The highest BCUT2D eigenvalue weighted by Gasteiger charge is 2.58. The van der Waals surface area contributed by atoms with Crippen molar-refractivity contribution < 1.29 is 4.42 Å². The van der Waals surface area contributed by atoms with Crippen LogP contribution in [-0.2, 0) is 0 Å². The molecule has 0 spiro atoms. The highest BCUT2D eigenvalue weighted by Crippen LogP contribution is 2.60. The minimum atomic E-state index is -0.114. The molecule has 11 aromatic rings. The fourth-order valence-electron chi connectivity index (χ4n) is 13.2. The molecule has 0 saturated carbocycles. The van der Waals surface area contributed by atoms with Crippen molar-refractivity contribution in [3.63, 3.8) is 0 Å². The van der Waals surface area contributed by atoms with Crippen LogP contribution in [0.3, 0.4) is 0 Å². The van der Waals surface area contributed by atoms with Gasteiger partial charge in [0.05, 0.1) is 22.4 Å². The molecule has 0 radical (unpaired) electrons. The molecule has 17 rings (SSSR count). The fraction of sp³-hybridized carbons (Fsp3) is 0. The second kappa shape index (κ2) is 10.5. The molecule has 0 saturated heterocycles. The van der Waals surface area contributed by atoms with Crippen LogP contribution in [0.4, 0.5) is 34.1 Å². The molecule has 0 N–H and O–H groups in total. The van der Waals surface area contributed by atoms with E-state index < -0.39 is 0 Å². The lowest BCUT2D eigenvalue weighted by Crippen LogP contribution is -2.75. The summed E-state index contributed by atoms with van der Waals surface area (Å²) >= 11 is 0. The van der Waals surface area contributed by atoms with Gasteiger partial charge in [0.15, 0.2) is 0 Å². The summed E-state index contributed by atoms with van der Waals surface area (Å²) in [6.07, 6.45) is 1.96. The summed E-state index contributed by atoms with van der Waals surface area (Å²) in [5.41, 5.74) is 20.2. The third-order valence-electron chi connectivity index (χ3n) is 15.4. The summed E-state index contributed by atoms with van der Waals surface area (Å²) in [6.45, 7) is 0.302. The molecule has 6 aliphatic rings. The van der Waals surface area contributed by atoms with Crippen LogP contribution in [0.5, 0.6) is 0 Å². The van der Waals surface area contributed by atoms with Gasteiger partial charge in [-0.15, -0.1) is 0 Å². The van der Waals surface area contributed by atoms with Gasteiger partial charge >= 0.3 is 14.1 Å². The summed E-state index contributed by atoms with van der Waals surface area (Å²) < 4.78 is 11.8. The number of hydrogen-bond donors (Lipinski definition) is 0. The topological polar surface area (TPSA) is 31.0 Å². The van der Waals surface area contributed by atoms with Gasteiger partial charge in [-0.25, -0.2) is 0 Å². The van der Waals surface area contributed by atoms with Gasteiger partial charge in [0.1, 0.15) is 11.8 Å². The molecule has 280 valence electrons. The minimum absolute atomic E-state index is 0.0745. The fourth-order valence-corrected chi connectivity index (χ4v) is 13.2. The Morgan fingerprint density at radius 3 is 1.98 bits per heavy atom. The first-order valence-corrected chi connectivity index (χ1v) is 21.8. The normalized spacial score (nSPS) is 15.8. The van der Waals surface area contributed by atoms with Crippen molar-refractivity contribution in [3.05, 3.63) is 176 Å². The molecular formula is C52H29B4N5O. The van der Waals surface area contributed by atoms with E-state index in [1.807, 2.05) is 6.26 Å². The molecule has 62 heavy (non-hydrogen) atoms. The number of hydrogen-bond acceptors (Lipinski definition) is 5. The molecule has 8 heterocycles. The number of aromatic nitrogens is 1. The number of rotatable bonds is 1. The zero-order valence-corrected chi connectivity index (χ0v) is 33.2. The molecule has 0 unspecified atom stereocenters. The molecule has 2 aromatic heterocycles. The predicted molar refractivity (Wildman–Crippen MR) is 260 cm³/mol. The van der Waals surface area contributed by atoms with Crippen molar-refractivity contribution in [2.45, 2.75) is 0 Å². The van der Waals surface area contributed by atoms with Gasteiger partial charge in [0.25, 0.3) is 13.7 Å². The lowest BCUT2D eigenvalue weighted by molar-refractivity contribution is 0.616. The van der Waals surface area contributed by atoms with Gasteiger partial charge in [0.2, 0.25) is 0 Å². The molecule has 9 aromatic carbocycles. The quantitative estimate of drug-likeness (QED) is 0.156. The zero-order chi connectivity index (χ0) is 39.7. The van der Waals surface area contributed by atoms with E-state index in [-0.39, 0.29) is 27.8 Å². The molecule has 6 nitrogen and oxygen atoms in total. The largest absolute Gasteiger partial charge is 0.519 e. The molecule has 0 aliphatic carbocycles. The first-order valence-electron chi connectivity index (χ1n) is 21.8. The van der Waals surface area contributed by atoms with Crippen LogP contribution in [0, 0.1) is 0 Å². The maximum atomic E-state index is 6.31. The maximum Gasteiger partial charge on any atom is 0.519 e. The zero-order valence-electron chi connectivity index (χ0n) is 33.2. The molecular weight excluding hydrogens is 754 g/mol. The van der Waals surface area contributed by atoms with E-state index in [4.69, 9.17) is 4.42 Å². The maximum absolute atomic E-state index is 6.31. The van der Waals surface area contributed by atoms with E-state index in [0.717, 1.165) is 16.7 Å². The van der Waals surface area contributed by atoms with E-state index in [9.17, 15) is 0 Å². The standard InChI is InChI=1S/C52H29B4N5O/c1-4-19-41-34(13-1)35-14-8-18-39-52(35)60(41)55-37-16-3-2-15-36(37)53-38-17-5-12-32-26-33(27-40(49(32)38)54(39)61(53)55)31-24-25-42-46(28-31)59-44-21-7-11-30-10-6-20-43(50(30)44)58-45-22-9-23-48-51(45)47(29-62-48)57(42)56(58)59/h1-29H. The third-order valence-corrected chi connectivity index (χ3v) is 15.4. The molecule has 0 atom stereocenters. The highest BCUT2D eigenvalue weighted by molar-refractivity contribution is 7.15. The Bertz CT molecular complexity index is 3930. The van der Waals surface area contributed by atoms with Crippen LogP contribution in [0.1, 0.15) is 0 Å². The van der Waals surface area contributed by atoms with E-state index in [1.54, 1.807) is 0 Å². The van der Waals surface area contributed by atoms with Gasteiger partial charge in [0, 0.05) is 44.3 Å². The van der Waals surface area contributed by atoms with Gasteiger partial charge in [-0.3, -0.25) is 0 Å². The Labute approximate surface area is 357 Å². The summed E-state index contributed by atoms with van der Waals surface area (Å²) in [5, 5.41) is 9.03. The van der Waals surface area contributed by atoms with E-state index in [1.165, 1.54) is 110 Å². The van der Waals surface area contributed by atoms with E-state index in [2.05, 4.69) is 193 Å². The van der Waals surface area contributed by atoms with Crippen molar-refractivity contribution in [1.29, 1.82) is 0 Å². The smallest absolute Gasteiger partial charge is 0.462 e. The van der Waals surface area contributed by atoms with Gasteiger partial charge in [-0.05, 0) is 86.7 Å². The molecule has 0 fully saturated rings. The van der Waals surface area contributed by atoms with Crippen molar-refractivity contribution in [2.24, 2.45) is 0 Å². The van der Waals surface area contributed by atoms with Crippen LogP contribution >= 0.6 is 0 Å². The SMILES string of the molecule is c1ccc2c(c1)B1c3cccc4cc(-c5ccc6c(c5)N5B7N6c6coc8cccc(c68)N7c6cccc7cccc5c67)cc(c34)B3c4cccc5c6ccccc6n(c45)B2N13. The van der Waals surface area contributed by atoms with Crippen LogP contribution < -0.4 is 41.7 Å². The first kappa shape index (κ1) is 31.4. The Morgan fingerprint density at radius 1 is 0.403 bits per heavy atom. The predicted octanol–water partition coefficient (Wildman–Crippen LogP) is 8.35. The van der Waals surface area contributed by atoms with Crippen molar-refractivity contribution in [3.8, 4) is 11.1 Å². The lowest BCUT2D eigenvalue weighted by atomic mass is 9.30. The van der Waals surface area contributed by atoms with Crippen molar-refractivity contribution in [2.75, 3.05) is 14.4 Å². The number of anilines is 6.